The van der Waals surface area contributed by atoms with Crippen LogP contribution in [-0.4, -0.2) is 30.9 Å². The van der Waals surface area contributed by atoms with Gasteiger partial charge < -0.3 is 16.4 Å². The zero-order chi connectivity index (χ0) is 13.7. The first-order valence-corrected chi connectivity index (χ1v) is 7.40. The molecule has 19 heavy (non-hydrogen) atoms. The van der Waals surface area contributed by atoms with Crippen molar-refractivity contribution in [1.82, 2.24) is 10.6 Å². The smallest absolute Gasteiger partial charge is 0.261 e. The molecule has 1 unspecified atom stereocenters. The van der Waals surface area contributed by atoms with Gasteiger partial charge in [-0.3, -0.25) is 9.59 Å². The molecule has 0 aromatic carbocycles. The predicted octanol–water partition coefficient (Wildman–Crippen LogP) is 0.721. The lowest BCUT2D eigenvalue weighted by molar-refractivity contribution is -0.121. The van der Waals surface area contributed by atoms with Crippen LogP contribution in [0.15, 0.2) is 17.5 Å². The van der Waals surface area contributed by atoms with Crippen LogP contribution in [0.3, 0.4) is 0 Å². The van der Waals surface area contributed by atoms with Gasteiger partial charge in [-0.25, -0.2) is 0 Å². The Morgan fingerprint density at radius 1 is 1.47 bits per heavy atom. The van der Waals surface area contributed by atoms with E-state index in [4.69, 9.17) is 5.73 Å². The van der Waals surface area contributed by atoms with Gasteiger partial charge in [0.05, 0.1) is 4.88 Å². The number of hydrogen-bond donors (Lipinski definition) is 3. The molecule has 4 N–H and O–H groups in total. The standard InChI is InChI=1S/C13H19N3O2S/c14-8-10(9-3-4-9)16-12(17)5-6-15-13(18)11-2-1-7-19-11/h1-2,7,9-10H,3-6,8,14H2,(H,15,18)(H,16,17). The van der Waals surface area contributed by atoms with Crippen LogP contribution < -0.4 is 16.4 Å². The molecule has 0 saturated heterocycles. The van der Waals surface area contributed by atoms with E-state index in [9.17, 15) is 9.59 Å². The molecule has 1 aromatic heterocycles. The normalized spacial score (nSPS) is 15.8. The van der Waals surface area contributed by atoms with Gasteiger partial charge in [0.25, 0.3) is 5.91 Å². The van der Waals surface area contributed by atoms with Gasteiger partial charge in [0.1, 0.15) is 0 Å². The van der Waals surface area contributed by atoms with Crippen molar-refractivity contribution in [2.24, 2.45) is 11.7 Å². The molecule has 0 bridgehead atoms. The van der Waals surface area contributed by atoms with Crippen LogP contribution >= 0.6 is 11.3 Å². The Morgan fingerprint density at radius 2 is 2.26 bits per heavy atom. The average molecular weight is 281 g/mol. The van der Waals surface area contributed by atoms with Crippen molar-refractivity contribution in [3.63, 3.8) is 0 Å². The van der Waals surface area contributed by atoms with E-state index in [-0.39, 0.29) is 17.9 Å². The number of nitrogens with one attached hydrogen (secondary N) is 2. The molecule has 1 aromatic rings. The van der Waals surface area contributed by atoms with Crippen molar-refractivity contribution in [3.05, 3.63) is 22.4 Å². The molecule has 2 amide bonds. The van der Waals surface area contributed by atoms with Gasteiger partial charge in [0.15, 0.2) is 0 Å². The van der Waals surface area contributed by atoms with Gasteiger partial charge in [0.2, 0.25) is 5.91 Å². The summed E-state index contributed by atoms with van der Waals surface area (Å²) in [5.41, 5.74) is 5.62. The lowest BCUT2D eigenvalue weighted by atomic mass is 10.2. The Morgan fingerprint density at radius 3 is 2.84 bits per heavy atom. The van der Waals surface area contributed by atoms with E-state index in [1.54, 1.807) is 6.07 Å². The molecule has 5 nitrogen and oxygen atoms in total. The average Bonchev–Trinajstić information content (AvgIpc) is 3.09. The molecule has 104 valence electrons. The van der Waals surface area contributed by atoms with Crippen molar-refractivity contribution < 1.29 is 9.59 Å². The zero-order valence-corrected chi connectivity index (χ0v) is 11.5. The lowest BCUT2D eigenvalue weighted by Gasteiger charge is -2.15. The number of rotatable bonds is 7. The number of hydrogen-bond acceptors (Lipinski definition) is 4. The number of thiophene rings is 1. The Labute approximate surface area is 116 Å². The number of carbonyl (C=O) groups excluding carboxylic acids is 2. The summed E-state index contributed by atoms with van der Waals surface area (Å²) in [5.74, 6) is 0.379. The summed E-state index contributed by atoms with van der Waals surface area (Å²) in [4.78, 5) is 24.0. The summed E-state index contributed by atoms with van der Waals surface area (Å²) in [5, 5.41) is 7.51. The van der Waals surface area contributed by atoms with E-state index in [1.807, 2.05) is 11.4 Å². The van der Waals surface area contributed by atoms with Crippen molar-refractivity contribution in [1.29, 1.82) is 0 Å². The molecule has 0 radical (unpaired) electrons. The minimum atomic E-state index is -0.125. The second kappa shape index (κ2) is 6.68. The number of nitrogens with two attached hydrogens (primary N) is 1. The van der Waals surface area contributed by atoms with Crippen molar-refractivity contribution in [2.75, 3.05) is 13.1 Å². The summed E-state index contributed by atoms with van der Waals surface area (Å²) in [6.45, 7) is 0.836. The van der Waals surface area contributed by atoms with Crippen LogP contribution in [0.4, 0.5) is 0 Å². The SMILES string of the molecule is NCC(NC(=O)CCNC(=O)c1cccs1)C1CC1. The van der Waals surface area contributed by atoms with Gasteiger partial charge in [-0.05, 0) is 30.2 Å². The van der Waals surface area contributed by atoms with Crippen LogP contribution in [0, 0.1) is 5.92 Å². The molecule has 1 atom stereocenters. The van der Waals surface area contributed by atoms with Gasteiger partial charge >= 0.3 is 0 Å². The summed E-state index contributed by atoms with van der Waals surface area (Å²) in [6.07, 6.45) is 2.59. The second-order valence-electron chi connectivity index (χ2n) is 4.73. The molecule has 2 rings (SSSR count). The summed E-state index contributed by atoms with van der Waals surface area (Å²) < 4.78 is 0. The minimum Gasteiger partial charge on any atom is -0.352 e. The monoisotopic (exact) mass is 281 g/mol. The highest BCUT2D eigenvalue weighted by Gasteiger charge is 2.30. The molecule has 1 aliphatic carbocycles. The molecular formula is C13H19N3O2S. The van der Waals surface area contributed by atoms with Crippen molar-refractivity contribution >= 4 is 23.2 Å². The number of carbonyl (C=O) groups is 2. The third-order valence-corrected chi connectivity index (χ3v) is 4.04. The number of amides is 2. The van der Waals surface area contributed by atoms with E-state index in [2.05, 4.69) is 10.6 Å². The molecule has 1 heterocycles. The highest BCUT2D eigenvalue weighted by Crippen LogP contribution is 2.32. The molecule has 0 aliphatic heterocycles. The summed E-state index contributed by atoms with van der Waals surface area (Å²) >= 11 is 1.39. The van der Waals surface area contributed by atoms with E-state index >= 15 is 0 Å². The van der Waals surface area contributed by atoms with Crippen molar-refractivity contribution in [3.8, 4) is 0 Å². The maximum Gasteiger partial charge on any atom is 0.261 e. The highest BCUT2D eigenvalue weighted by atomic mass is 32.1. The van der Waals surface area contributed by atoms with E-state index in [1.165, 1.54) is 11.3 Å². The first kappa shape index (κ1) is 14.0. The summed E-state index contributed by atoms with van der Waals surface area (Å²) in [6, 6.07) is 3.69. The first-order valence-electron chi connectivity index (χ1n) is 6.52. The highest BCUT2D eigenvalue weighted by molar-refractivity contribution is 7.12. The predicted molar refractivity (Wildman–Crippen MR) is 75.0 cm³/mol. The fourth-order valence-electron chi connectivity index (χ4n) is 1.93. The fourth-order valence-corrected chi connectivity index (χ4v) is 2.57. The lowest BCUT2D eigenvalue weighted by Crippen LogP contribution is -2.42. The molecule has 1 aliphatic rings. The quantitative estimate of drug-likeness (QED) is 0.688. The second-order valence-corrected chi connectivity index (χ2v) is 5.68. The fraction of sp³-hybridized carbons (Fsp3) is 0.538. The van der Waals surface area contributed by atoms with Crippen LogP contribution in [0.5, 0.6) is 0 Å². The molecule has 0 spiro atoms. The Bertz CT molecular complexity index is 429. The topological polar surface area (TPSA) is 84.2 Å². The molecule has 6 heteroatoms. The maximum absolute atomic E-state index is 11.7. The van der Waals surface area contributed by atoms with Gasteiger partial charge in [-0.1, -0.05) is 6.07 Å². The summed E-state index contributed by atoms with van der Waals surface area (Å²) in [7, 11) is 0. The van der Waals surface area contributed by atoms with Gasteiger partial charge in [-0.2, -0.15) is 0 Å². The van der Waals surface area contributed by atoms with Crippen LogP contribution in [0.2, 0.25) is 0 Å². The van der Waals surface area contributed by atoms with Crippen molar-refractivity contribution in [2.45, 2.75) is 25.3 Å². The van der Waals surface area contributed by atoms with E-state index in [0.717, 1.165) is 12.8 Å². The zero-order valence-electron chi connectivity index (χ0n) is 10.7. The minimum absolute atomic E-state index is 0.0474. The van der Waals surface area contributed by atoms with Gasteiger partial charge in [-0.15, -0.1) is 11.3 Å². The Kier molecular flexibility index (Phi) is 4.93. The van der Waals surface area contributed by atoms with Gasteiger partial charge in [0, 0.05) is 25.6 Å². The third-order valence-electron chi connectivity index (χ3n) is 3.17. The largest absolute Gasteiger partial charge is 0.352 e. The third kappa shape index (κ3) is 4.33. The Hall–Kier alpha value is -1.40. The molecular weight excluding hydrogens is 262 g/mol. The first-order chi connectivity index (χ1) is 9.20. The van der Waals surface area contributed by atoms with Crippen LogP contribution in [-0.2, 0) is 4.79 Å². The van der Waals surface area contributed by atoms with Crippen LogP contribution in [0.1, 0.15) is 28.9 Å². The van der Waals surface area contributed by atoms with Crippen LogP contribution in [0.25, 0.3) is 0 Å². The van der Waals surface area contributed by atoms with E-state index < -0.39 is 0 Å². The molecule has 1 saturated carbocycles. The maximum atomic E-state index is 11.7. The molecule has 1 fully saturated rings. The Balaban J connectivity index is 1.64. The van der Waals surface area contributed by atoms with E-state index in [0.29, 0.717) is 30.3 Å².